The minimum Gasteiger partial charge on any atom is -0.315 e. The molecule has 4 rings (SSSR count). The van der Waals surface area contributed by atoms with E-state index in [1.807, 2.05) is 13.0 Å². The van der Waals surface area contributed by atoms with Crippen LogP contribution < -0.4 is 5.32 Å². The topological polar surface area (TPSA) is 82.6 Å². The lowest BCUT2D eigenvalue weighted by Crippen LogP contribution is -2.34. The van der Waals surface area contributed by atoms with E-state index in [1.54, 1.807) is 29.9 Å². The number of rotatable bonds is 5. The Bertz CT molecular complexity index is 839. The lowest BCUT2D eigenvalue weighted by molar-refractivity contribution is 0.196. The predicted molar refractivity (Wildman–Crippen MR) is 103 cm³/mol. The van der Waals surface area contributed by atoms with Crippen LogP contribution in [0.4, 0.5) is 10.9 Å². The number of hydrogen-bond acceptors (Lipinski definition) is 7. The Morgan fingerprint density at radius 1 is 1.27 bits per heavy atom. The molecule has 1 aliphatic rings. The number of aryl methyl sites for hydroxylation is 2. The van der Waals surface area contributed by atoms with E-state index in [2.05, 4.69) is 42.3 Å². The van der Waals surface area contributed by atoms with Crippen LogP contribution in [0.3, 0.4) is 0 Å². The number of aromatic amines is 1. The maximum absolute atomic E-state index is 4.66. The molecule has 2 N–H and O–H groups in total. The van der Waals surface area contributed by atoms with Gasteiger partial charge in [-0.1, -0.05) is 0 Å². The summed E-state index contributed by atoms with van der Waals surface area (Å²) in [7, 11) is 0. The summed E-state index contributed by atoms with van der Waals surface area (Å²) in [5, 5.41) is 11.4. The fourth-order valence-electron chi connectivity index (χ4n) is 3.41. The first-order chi connectivity index (χ1) is 12.7. The van der Waals surface area contributed by atoms with Gasteiger partial charge >= 0.3 is 0 Å². The third-order valence-electron chi connectivity index (χ3n) is 4.82. The number of thiazole rings is 1. The zero-order valence-corrected chi connectivity index (χ0v) is 15.9. The molecule has 136 valence electrons. The van der Waals surface area contributed by atoms with E-state index >= 15 is 0 Å². The number of likely N-dealkylation sites (tertiary alicyclic amines) is 1. The maximum Gasteiger partial charge on any atom is 0.188 e. The van der Waals surface area contributed by atoms with Crippen LogP contribution in [-0.2, 0) is 6.54 Å². The summed E-state index contributed by atoms with van der Waals surface area (Å²) in [4.78, 5) is 17.5. The Morgan fingerprint density at radius 3 is 2.92 bits per heavy atom. The highest BCUT2D eigenvalue weighted by molar-refractivity contribution is 7.15. The molecule has 0 bridgehead atoms. The third kappa shape index (κ3) is 3.76. The van der Waals surface area contributed by atoms with Gasteiger partial charge < -0.3 is 5.32 Å². The van der Waals surface area contributed by atoms with Gasteiger partial charge in [-0.2, -0.15) is 5.10 Å². The molecule has 8 heteroatoms. The van der Waals surface area contributed by atoms with E-state index in [0.29, 0.717) is 5.92 Å². The van der Waals surface area contributed by atoms with Gasteiger partial charge in [0, 0.05) is 48.2 Å². The van der Waals surface area contributed by atoms with Crippen molar-refractivity contribution in [2.75, 3.05) is 18.4 Å². The molecule has 1 atom stereocenters. The summed E-state index contributed by atoms with van der Waals surface area (Å²) in [6.07, 6.45) is 7.61. The Morgan fingerprint density at radius 2 is 2.15 bits per heavy atom. The number of hydrogen-bond donors (Lipinski definition) is 2. The van der Waals surface area contributed by atoms with Crippen LogP contribution in [0.25, 0.3) is 0 Å². The molecular formula is C18H23N7S. The maximum atomic E-state index is 4.66. The normalized spacial score (nSPS) is 18.2. The van der Waals surface area contributed by atoms with Crippen molar-refractivity contribution in [3.05, 3.63) is 46.6 Å². The molecule has 3 aromatic heterocycles. The van der Waals surface area contributed by atoms with Crippen molar-refractivity contribution < 1.29 is 0 Å². The zero-order valence-electron chi connectivity index (χ0n) is 15.1. The standard InChI is InChI=1S/C18H23N7S/c1-12-13(2)26-18(22-12)23-17-16(19-7-8-20-17)14-4-3-9-25(10-14)11-15-5-6-21-24-15/h5-8,14H,3-4,9-11H2,1-2H3,(H,21,24)(H,20,22,23)/t14-/m0/s1. The number of anilines is 2. The van der Waals surface area contributed by atoms with Crippen LogP contribution in [0.15, 0.2) is 24.7 Å². The van der Waals surface area contributed by atoms with E-state index in [9.17, 15) is 0 Å². The molecule has 1 saturated heterocycles. The minimum absolute atomic E-state index is 0.366. The largest absolute Gasteiger partial charge is 0.315 e. The summed E-state index contributed by atoms with van der Waals surface area (Å²) in [5.41, 5.74) is 3.25. The summed E-state index contributed by atoms with van der Waals surface area (Å²) in [6.45, 7) is 7.09. The second kappa shape index (κ2) is 7.51. The quantitative estimate of drug-likeness (QED) is 0.717. The van der Waals surface area contributed by atoms with E-state index < -0.39 is 0 Å². The SMILES string of the molecule is Cc1nc(Nc2nccnc2[C@H]2CCCN(Cc3ccn[nH]3)C2)sc1C. The van der Waals surface area contributed by atoms with Crippen molar-refractivity contribution in [2.45, 2.75) is 39.2 Å². The molecule has 0 spiro atoms. The van der Waals surface area contributed by atoms with E-state index in [-0.39, 0.29) is 0 Å². The summed E-state index contributed by atoms with van der Waals surface area (Å²) in [5.74, 6) is 1.19. The van der Waals surface area contributed by atoms with E-state index in [0.717, 1.165) is 60.5 Å². The van der Waals surface area contributed by atoms with Crippen molar-refractivity contribution in [1.29, 1.82) is 0 Å². The Balaban J connectivity index is 1.51. The van der Waals surface area contributed by atoms with Gasteiger partial charge in [-0.15, -0.1) is 11.3 Å². The van der Waals surface area contributed by atoms with Gasteiger partial charge in [0.2, 0.25) is 0 Å². The number of nitrogens with one attached hydrogen (secondary N) is 2. The summed E-state index contributed by atoms with van der Waals surface area (Å²) in [6, 6.07) is 2.03. The van der Waals surface area contributed by atoms with Crippen LogP contribution in [-0.4, -0.2) is 43.1 Å². The smallest absolute Gasteiger partial charge is 0.188 e. The highest BCUT2D eigenvalue weighted by Crippen LogP contribution is 2.32. The zero-order chi connectivity index (χ0) is 17.9. The van der Waals surface area contributed by atoms with Crippen molar-refractivity contribution in [3.63, 3.8) is 0 Å². The molecule has 0 saturated carbocycles. The Labute approximate surface area is 156 Å². The Kier molecular flexibility index (Phi) is 4.94. The van der Waals surface area contributed by atoms with Crippen LogP contribution in [0, 0.1) is 13.8 Å². The van der Waals surface area contributed by atoms with Crippen LogP contribution in [0.5, 0.6) is 0 Å². The summed E-state index contributed by atoms with van der Waals surface area (Å²) >= 11 is 1.66. The molecule has 1 aliphatic heterocycles. The lowest BCUT2D eigenvalue weighted by atomic mass is 9.94. The molecule has 0 unspecified atom stereocenters. The van der Waals surface area contributed by atoms with Gasteiger partial charge in [0.1, 0.15) is 0 Å². The number of H-pyrrole nitrogens is 1. The molecule has 0 aliphatic carbocycles. The average Bonchev–Trinajstić information content (AvgIpc) is 3.26. The highest BCUT2D eigenvalue weighted by atomic mass is 32.1. The fraction of sp³-hybridized carbons (Fsp3) is 0.444. The predicted octanol–water partition coefficient (Wildman–Crippen LogP) is 3.40. The monoisotopic (exact) mass is 369 g/mol. The molecule has 0 radical (unpaired) electrons. The van der Waals surface area contributed by atoms with Gasteiger partial charge in [-0.25, -0.2) is 9.97 Å². The molecule has 26 heavy (non-hydrogen) atoms. The highest BCUT2D eigenvalue weighted by Gasteiger charge is 2.25. The van der Waals surface area contributed by atoms with Gasteiger partial charge in [-0.05, 0) is 39.3 Å². The van der Waals surface area contributed by atoms with Crippen molar-refractivity contribution in [1.82, 2.24) is 30.0 Å². The fourth-order valence-corrected chi connectivity index (χ4v) is 4.22. The molecule has 3 aromatic rings. The van der Waals surface area contributed by atoms with E-state index in [1.165, 1.54) is 4.88 Å². The lowest BCUT2D eigenvalue weighted by Gasteiger charge is -2.32. The van der Waals surface area contributed by atoms with Gasteiger partial charge in [0.15, 0.2) is 10.9 Å². The molecule has 7 nitrogen and oxygen atoms in total. The number of piperidine rings is 1. The van der Waals surface area contributed by atoms with Gasteiger partial charge in [0.05, 0.1) is 11.4 Å². The minimum atomic E-state index is 0.366. The summed E-state index contributed by atoms with van der Waals surface area (Å²) < 4.78 is 0. The second-order valence-corrected chi connectivity index (χ2v) is 7.94. The van der Waals surface area contributed by atoms with Crippen LogP contribution in [0.2, 0.25) is 0 Å². The van der Waals surface area contributed by atoms with Crippen LogP contribution in [0.1, 0.15) is 40.7 Å². The number of nitrogens with zero attached hydrogens (tertiary/aromatic N) is 5. The second-order valence-electron chi connectivity index (χ2n) is 6.73. The van der Waals surface area contributed by atoms with Crippen molar-refractivity contribution >= 4 is 22.3 Å². The molecule has 4 heterocycles. The Hall–Kier alpha value is -2.32. The van der Waals surface area contributed by atoms with Crippen LogP contribution >= 0.6 is 11.3 Å². The first kappa shape index (κ1) is 17.1. The third-order valence-corrected chi connectivity index (χ3v) is 5.81. The van der Waals surface area contributed by atoms with Gasteiger partial charge in [0.25, 0.3) is 0 Å². The average molecular weight is 369 g/mol. The van der Waals surface area contributed by atoms with Crippen molar-refractivity contribution in [3.8, 4) is 0 Å². The van der Waals surface area contributed by atoms with Gasteiger partial charge in [-0.3, -0.25) is 15.0 Å². The molecular weight excluding hydrogens is 346 g/mol. The molecule has 0 aromatic carbocycles. The number of aromatic nitrogens is 5. The first-order valence-corrected chi connectivity index (χ1v) is 9.73. The molecule has 0 amide bonds. The van der Waals surface area contributed by atoms with E-state index in [4.69, 9.17) is 0 Å². The first-order valence-electron chi connectivity index (χ1n) is 8.91. The van der Waals surface area contributed by atoms with Crippen molar-refractivity contribution in [2.24, 2.45) is 0 Å². The molecule has 1 fully saturated rings.